The van der Waals surface area contributed by atoms with E-state index >= 15 is 0 Å². The number of carbonyl (C=O) groups excluding carboxylic acids is 1. The molecule has 0 fully saturated rings. The Morgan fingerprint density at radius 2 is 1.87 bits per heavy atom. The number of hydrogen-bond acceptors (Lipinski definition) is 5. The number of ether oxygens (including phenoxy) is 1. The van der Waals surface area contributed by atoms with Gasteiger partial charge in [0.15, 0.2) is 12.4 Å². The minimum absolute atomic E-state index is 0.0171. The van der Waals surface area contributed by atoms with Gasteiger partial charge in [0.25, 0.3) is 5.91 Å². The molecule has 2 heterocycles. The Morgan fingerprint density at radius 1 is 1.06 bits per heavy atom. The van der Waals surface area contributed by atoms with Gasteiger partial charge in [-0.3, -0.25) is 10.1 Å². The van der Waals surface area contributed by atoms with Crippen LogP contribution in [-0.2, 0) is 13.3 Å². The third kappa shape index (κ3) is 5.39. The molecule has 8 nitrogen and oxygen atoms in total. The molecule has 0 saturated carbocycles. The molecule has 31 heavy (non-hydrogen) atoms. The lowest BCUT2D eigenvalue weighted by Crippen LogP contribution is -2.15. The van der Waals surface area contributed by atoms with Gasteiger partial charge >= 0.3 is 0 Å². The fourth-order valence-corrected chi connectivity index (χ4v) is 2.93. The number of amides is 1. The second kappa shape index (κ2) is 9.15. The molecule has 1 amide bonds. The smallest absolute Gasteiger partial charge is 0.278 e. The first-order chi connectivity index (χ1) is 15.0. The van der Waals surface area contributed by atoms with Crippen LogP contribution in [-0.4, -0.2) is 30.5 Å². The van der Waals surface area contributed by atoms with Crippen LogP contribution in [0, 0.1) is 5.82 Å². The maximum atomic E-state index is 13.2. The molecule has 0 spiro atoms. The fraction of sp³-hybridized carbons (Fsp3) is 0.100. The zero-order chi connectivity index (χ0) is 21.8. The highest BCUT2D eigenvalue weighted by Gasteiger charge is 2.13. The topological polar surface area (TPSA) is 86.9 Å². The van der Waals surface area contributed by atoms with Crippen LogP contribution in [0.3, 0.4) is 0 Å². The lowest BCUT2D eigenvalue weighted by Gasteiger charge is -2.06. The van der Waals surface area contributed by atoms with Crippen molar-refractivity contribution in [3.05, 3.63) is 88.2 Å². The molecule has 0 atom stereocenters. The van der Waals surface area contributed by atoms with Crippen LogP contribution in [0.25, 0.3) is 0 Å². The molecular formula is C20H15Cl2FN6O2. The zero-order valence-corrected chi connectivity index (χ0v) is 17.4. The maximum Gasteiger partial charge on any atom is 0.278 e. The molecule has 0 aliphatic carbocycles. The summed E-state index contributed by atoms with van der Waals surface area (Å²) >= 11 is 11.6. The fourth-order valence-electron chi connectivity index (χ4n) is 2.63. The van der Waals surface area contributed by atoms with E-state index in [4.69, 9.17) is 27.9 Å². The van der Waals surface area contributed by atoms with Crippen LogP contribution < -0.4 is 10.1 Å². The maximum absolute atomic E-state index is 13.2. The first-order valence-electron chi connectivity index (χ1n) is 9.03. The molecule has 158 valence electrons. The zero-order valence-electron chi connectivity index (χ0n) is 15.9. The van der Waals surface area contributed by atoms with Crippen LogP contribution in [0.15, 0.2) is 61.1 Å². The highest BCUT2D eigenvalue weighted by atomic mass is 35.5. The average Bonchev–Trinajstić information content (AvgIpc) is 3.40. The van der Waals surface area contributed by atoms with Crippen LogP contribution >= 0.6 is 23.2 Å². The quantitative estimate of drug-likeness (QED) is 0.445. The van der Waals surface area contributed by atoms with Crippen molar-refractivity contribution in [2.45, 2.75) is 13.3 Å². The van der Waals surface area contributed by atoms with E-state index in [1.807, 2.05) is 12.1 Å². The van der Waals surface area contributed by atoms with Crippen molar-refractivity contribution in [2.24, 2.45) is 0 Å². The largest absolute Gasteiger partial charge is 0.471 e. The third-order valence-corrected chi connectivity index (χ3v) is 4.69. The molecule has 4 aromatic rings. The lowest BCUT2D eigenvalue weighted by molar-refractivity contribution is 0.101. The normalized spacial score (nSPS) is 10.8. The van der Waals surface area contributed by atoms with Gasteiger partial charge in [-0.15, -0.1) is 5.10 Å². The number of rotatable bonds is 7. The summed E-state index contributed by atoms with van der Waals surface area (Å²) in [7, 11) is 0. The van der Waals surface area contributed by atoms with Crippen LogP contribution in [0.4, 0.5) is 10.3 Å². The molecule has 0 aliphatic rings. The van der Waals surface area contributed by atoms with Crippen molar-refractivity contribution in [3.63, 3.8) is 0 Å². The standard InChI is InChI=1S/C20H15Cl2FN6O2/c21-14-3-1-13(2-4-14)10-29-11-24-20(27-29)25-19(30)18-7-8-28(26-18)12-31-15-5-6-17(23)16(22)9-15/h1-9,11H,10,12H2,(H,25,27,30). The number of benzene rings is 2. The van der Waals surface area contributed by atoms with E-state index < -0.39 is 11.7 Å². The Labute approximate surface area is 186 Å². The minimum Gasteiger partial charge on any atom is -0.471 e. The Bertz CT molecular complexity index is 1210. The van der Waals surface area contributed by atoms with Gasteiger partial charge in [-0.1, -0.05) is 35.3 Å². The van der Waals surface area contributed by atoms with E-state index in [9.17, 15) is 9.18 Å². The monoisotopic (exact) mass is 460 g/mol. The predicted molar refractivity (Wildman–Crippen MR) is 113 cm³/mol. The first-order valence-corrected chi connectivity index (χ1v) is 9.78. The van der Waals surface area contributed by atoms with Crippen LogP contribution in [0.1, 0.15) is 16.1 Å². The average molecular weight is 461 g/mol. The molecule has 2 aromatic heterocycles. The van der Waals surface area contributed by atoms with Gasteiger partial charge in [-0.2, -0.15) is 5.10 Å². The number of nitrogens with one attached hydrogen (secondary N) is 1. The molecule has 2 aromatic carbocycles. The summed E-state index contributed by atoms with van der Waals surface area (Å²) in [6.07, 6.45) is 3.09. The Balaban J connectivity index is 1.33. The van der Waals surface area contributed by atoms with Crippen molar-refractivity contribution < 1.29 is 13.9 Å². The molecule has 0 saturated heterocycles. The summed E-state index contributed by atoms with van der Waals surface area (Å²) in [5.41, 5.74) is 1.16. The Morgan fingerprint density at radius 3 is 2.65 bits per heavy atom. The summed E-state index contributed by atoms with van der Waals surface area (Å²) < 4.78 is 21.7. The molecule has 0 unspecified atom stereocenters. The van der Waals surface area contributed by atoms with Crippen molar-refractivity contribution in [3.8, 4) is 5.75 Å². The second-order valence-electron chi connectivity index (χ2n) is 6.44. The molecule has 4 rings (SSSR count). The summed E-state index contributed by atoms with van der Waals surface area (Å²) in [4.78, 5) is 16.5. The SMILES string of the molecule is O=C(Nc1ncn(Cc2ccc(Cl)cc2)n1)c1ccn(COc2ccc(F)c(Cl)c2)n1. The van der Waals surface area contributed by atoms with Crippen molar-refractivity contribution in [1.29, 1.82) is 0 Å². The molecule has 0 radical (unpaired) electrons. The number of carbonyl (C=O) groups is 1. The highest BCUT2D eigenvalue weighted by molar-refractivity contribution is 6.31. The number of anilines is 1. The second-order valence-corrected chi connectivity index (χ2v) is 7.28. The molecule has 1 N–H and O–H groups in total. The van der Waals surface area contributed by atoms with Gasteiger partial charge < -0.3 is 4.74 Å². The summed E-state index contributed by atoms with van der Waals surface area (Å²) in [6.45, 7) is 0.503. The van der Waals surface area contributed by atoms with Gasteiger partial charge in [0.1, 0.15) is 17.9 Å². The van der Waals surface area contributed by atoms with Crippen molar-refractivity contribution >= 4 is 35.1 Å². The number of nitrogens with zero attached hydrogens (tertiary/aromatic N) is 5. The summed E-state index contributed by atoms with van der Waals surface area (Å²) in [6, 6.07) is 12.9. The van der Waals surface area contributed by atoms with Gasteiger partial charge in [0, 0.05) is 17.3 Å². The Hall–Kier alpha value is -3.43. The molecule has 0 bridgehead atoms. The number of hydrogen-bond donors (Lipinski definition) is 1. The third-order valence-electron chi connectivity index (χ3n) is 4.15. The number of aromatic nitrogens is 5. The molecule has 0 aliphatic heterocycles. The first kappa shape index (κ1) is 20.8. The van der Waals surface area contributed by atoms with E-state index in [2.05, 4.69) is 20.5 Å². The van der Waals surface area contributed by atoms with E-state index in [0.29, 0.717) is 17.3 Å². The van der Waals surface area contributed by atoms with E-state index in [-0.39, 0.29) is 23.4 Å². The summed E-state index contributed by atoms with van der Waals surface area (Å²) in [5, 5.41) is 11.6. The predicted octanol–water partition coefficient (Wildman–Crippen LogP) is 4.26. The van der Waals surface area contributed by atoms with Gasteiger partial charge in [-0.25, -0.2) is 18.7 Å². The van der Waals surface area contributed by atoms with Crippen LogP contribution in [0.5, 0.6) is 5.75 Å². The lowest BCUT2D eigenvalue weighted by atomic mass is 10.2. The Kier molecular flexibility index (Phi) is 6.15. The van der Waals surface area contributed by atoms with Crippen molar-refractivity contribution in [2.75, 3.05) is 5.32 Å². The molecular weight excluding hydrogens is 446 g/mol. The van der Waals surface area contributed by atoms with Crippen LogP contribution in [0.2, 0.25) is 10.0 Å². The van der Waals surface area contributed by atoms with Gasteiger partial charge in [0.2, 0.25) is 5.95 Å². The summed E-state index contributed by atoms with van der Waals surface area (Å²) in [5.74, 6) is -0.460. The van der Waals surface area contributed by atoms with E-state index in [1.165, 1.54) is 35.3 Å². The van der Waals surface area contributed by atoms with E-state index in [0.717, 1.165) is 5.56 Å². The molecule has 11 heteroatoms. The minimum atomic E-state index is -0.531. The van der Waals surface area contributed by atoms with Gasteiger partial charge in [0.05, 0.1) is 11.6 Å². The van der Waals surface area contributed by atoms with E-state index in [1.54, 1.807) is 23.0 Å². The highest BCUT2D eigenvalue weighted by Crippen LogP contribution is 2.21. The number of halogens is 3. The van der Waals surface area contributed by atoms with Gasteiger partial charge in [-0.05, 0) is 35.9 Å². The van der Waals surface area contributed by atoms with Crippen molar-refractivity contribution in [1.82, 2.24) is 24.5 Å².